The predicted molar refractivity (Wildman–Crippen MR) is 71.7 cm³/mol. The second-order valence-corrected chi connectivity index (χ2v) is 3.67. The molecule has 0 fully saturated rings. The topological polar surface area (TPSA) is 40.0 Å². The maximum atomic E-state index is 5.95. The van der Waals surface area contributed by atoms with Crippen molar-refractivity contribution < 1.29 is 17.4 Å². The summed E-state index contributed by atoms with van der Waals surface area (Å²) in [4.78, 5) is 3.16. The van der Waals surface area contributed by atoms with Crippen LogP contribution in [0.3, 0.4) is 0 Å². The molecule has 0 saturated heterocycles. The Kier molecular flexibility index (Phi) is 5.68. The highest BCUT2D eigenvalue weighted by Gasteiger charge is 1.94. The number of nitrogens with two attached hydrogens (primary N) is 1. The molecule has 0 radical (unpaired) electrons. The molecule has 0 aliphatic rings. The molecule has 92 valence electrons. The van der Waals surface area contributed by atoms with Crippen LogP contribution in [0.4, 0.5) is 5.69 Å². The van der Waals surface area contributed by atoms with Crippen molar-refractivity contribution >= 4 is 17.6 Å². The lowest BCUT2D eigenvalue weighted by atomic mass is 10.1. The number of benzene rings is 2. The van der Waals surface area contributed by atoms with Crippen molar-refractivity contribution in [2.75, 3.05) is 0 Å². The van der Waals surface area contributed by atoms with E-state index in [1.165, 1.54) is 0 Å². The smallest absolute Gasteiger partial charge is 0.203 e. The first kappa shape index (κ1) is 14.0. The van der Waals surface area contributed by atoms with E-state index in [0.29, 0.717) is 0 Å². The van der Waals surface area contributed by atoms with Gasteiger partial charge in [0.1, 0.15) is 0 Å². The maximum Gasteiger partial charge on any atom is 0.203 e. The number of hydrogen-bond acceptors (Lipinski definition) is 1. The van der Waals surface area contributed by atoms with Crippen LogP contribution >= 0.6 is 0 Å². The van der Waals surface area contributed by atoms with Gasteiger partial charge in [-0.2, -0.15) is 0 Å². The summed E-state index contributed by atoms with van der Waals surface area (Å²) in [5.41, 5.74) is 8.77. The molecule has 2 nitrogen and oxygen atoms in total. The van der Waals surface area contributed by atoms with Crippen LogP contribution in [0.2, 0.25) is 0 Å². The molecule has 0 saturated carbocycles. The molecular formula is C15H15ClN2. The van der Waals surface area contributed by atoms with E-state index in [9.17, 15) is 0 Å². The molecule has 0 bridgehead atoms. The molecule has 2 rings (SSSR count). The first-order chi connectivity index (χ1) is 8.36. The fraction of sp³-hybridized carbons (Fsp3) is 0. The average molecular weight is 259 g/mol. The second kappa shape index (κ2) is 7.30. The second-order valence-electron chi connectivity index (χ2n) is 3.67. The van der Waals surface area contributed by atoms with Crippen LogP contribution in [0.1, 0.15) is 5.56 Å². The molecule has 0 amide bonds. The molecule has 2 aromatic rings. The summed E-state index contributed by atoms with van der Waals surface area (Å²) in [7, 11) is 0. The predicted octanol–water partition coefficient (Wildman–Crippen LogP) is -1.53. The van der Waals surface area contributed by atoms with Crippen LogP contribution in [0.15, 0.2) is 66.7 Å². The summed E-state index contributed by atoms with van der Waals surface area (Å²) in [5, 5.41) is 0. The zero-order valence-corrected chi connectivity index (χ0v) is 10.6. The summed E-state index contributed by atoms with van der Waals surface area (Å²) in [5.74, 6) is 0. The fourth-order valence-electron chi connectivity index (χ4n) is 1.49. The minimum Gasteiger partial charge on any atom is -1.00 e. The Balaban J connectivity index is 0.00000162. The van der Waals surface area contributed by atoms with Crippen LogP contribution in [0.25, 0.3) is 5.70 Å². The Morgan fingerprint density at radius 2 is 1.44 bits per heavy atom. The van der Waals surface area contributed by atoms with Crippen molar-refractivity contribution in [2.45, 2.75) is 0 Å². The van der Waals surface area contributed by atoms with Gasteiger partial charge in [-0.15, -0.1) is 0 Å². The highest BCUT2D eigenvalue weighted by molar-refractivity contribution is 5.80. The maximum absolute atomic E-state index is 5.95. The van der Waals surface area contributed by atoms with Crippen molar-refractivity contribution in [2.24, 2.45) is 5.73 Å². The molecule has 0 aliphatic carbocycles. The third-order valence-electron chi connectivity index (χ3n) is 2.39. The number of halogens is 1. The summed E-state index contributed by atoms with van der Waals surface area (Å²) >= 11 is 0. The van der Waals surface area contributed by atoms with Crippen molar-refractivity contribution in [3.63, 3.8) is 0 Å². The van der Waals surface area contributed by atoms with Crippen molar-refractivity contribution in [1.29, 1.82) is 0 Å². The van der Waals surface area contributed by atoms with Crippen LogP contribution in [-0.4, -0.2) is 6.21 Å². The van der Waals surface area contributed by atoms with Crippen molar-refractivity contribution in [3.05, 3.63) is 72.3 Å². The summed E-state index contributed by atoms with van der Waals surface area (Å²) < 4.78 is 0. The lowest BCUT2D eigenvalue weighted by molar-refractivity contribution is -0.346. The molecule has 0 atom stereocenters. The Morgan fingerprint density at radius 3 is 2.06 bits per heavy atom. The van der Waals surface area contributed by atoms with E-state index in [0.717, 1.165) is 16.9 Å². The minimum atomic E-state index is 0. The molecule has 0 unspecified atom stereocenters. The Labute approximate surface area is 113 Å². The lowest BCUT2D eigenvalue weighted by Crippen LogP contribution is -3.00. The quantitative estimate of drug-likeness (QED) is 0.645. The van der Waals surface area contributed by atoms with Gasteiger partial charge in [-0.25, -0.2) is 4.99 Å². The van der Waals surface area contributed by atoms with Gasteiger partial charge in [0.05, 0.1) is 0 Å². The number of nitrogens with one attached hydrogen (secondary N) is 1. The molecule has 0 spiro atoms. The standard InChI is InChI=1S/C15H14N2.ClH/c16-15(13-7-3-1-4-8-13)11-12-17-14-9-5-2-6-10-14;/h1-12H,16H2;1H/b15-11-,17-12?;. The van der Waals surface area contributed by atoms with Crippen LogP contribution < -0.4 is 23.1 Å². The first-order valence-corrected chi connectivity index (χ1v) is 5.52. The molecule has 0 aliphatic heterocycles. The molecular weight excluding hydrogens is 244 g/mol. The van der Waals surface area contributed by atoms with Gasteiger partial charge in [-0.05, 0) is 5.56 Å². The van der Waals surface area contributed by atoms with E-state index < -0.39 is 0 Å². The largest absolute Gasteiger partial charge is 1.00 e. The first-order valence-electron chi connectivity index (χ1n) is 5.52. The zero-order valence-electron chi connectivity index (χ0n) is 9.88. The lowest BCUT2D eigenvalue weighted by Gasteiger charge is -1.97. The number of para-hydroxylation sites is 1. The zero-order chi connectivity index (χ0) is 11.9. The van der Waals surface area contributed by atoms with E-state index in [4.69, 9.17) is 5.73 Å². The van der Waals surface area contributed by atoms with Gasteiger partial charge >= 0.3 is 0 Å². The third-order valence-corrected chi connectivity index (χ3v) is 2.39. The van der Waals surface area contributed by atoms with Crippen molar-refractivity contribution in [3.8, 4) is 0 Å². The highest BCUT2D eigenvalue weighted by atomic mass is 35.5. The van der Waals surface area contributed by atoms with Crippen LogP contribution in [0, 0.1) is 0 Å². The normalized spacial score (nSPS) is 11.2. The van der Waals surface area contributed by atoms with Crippen LogP contribution in [0.5, 0.6) is 0 Å². The van der Waals surface area contributed by atoms with Gasteiger partial charge in [0.25, 0.3) is 0 Å². The number of hydrogen-bond donors (Lipinski definition) is 2. The van der Waals surface area contributed by atoms with Gasteiger partial charge in [0, 0.05) is 23.9 Å². The Morgan fingerprint density at radius 1 is 0.889 bits per heavy atom. The van der Waals surface area contributed by atoms with E-state index in [2.05, 4.69) is 4.99 Å². The molecule has 0 aromatic heterocycles. The molecule has 18 heavy (non-hydrogen) atoms. The summed E-state index contributed by atoms with van der Waals surface area (Å²) in [6, 6.07) is 19.9. The van der Waals surface area contributed by atoms with E-state index in [1.54, 1.807) is 0 Å². The molecule has 2 aromatic carbocycles. The highest BCUT2D eigenvalue weighted by Crippen LogP contribution is 2.05. The van der Waals surface area contributed by atoms with Crippen molar-refractivity contribution in [1.82, 2.24) is 0 Å². The van der Waals surface area contributed by atoms with E-state index >= 15 is 0 Å². The Bertz CT molecular complexity index is 519. The average Bonchev–Trinajstić information content (AvgIpc) is 2.41. The molecule has 3 heteroatoms. The molecule has 3 N–H and O–H groups in total. The number of allylic oxidation sites excluding steroid dienone is 1. The van der Waals surface area contributed by atoms with Gasteiger partial charge in [0.2, 0.25) is 5.69 Å². The van der Waals surface area contributed by atoms with Gasteiger partial charge in [-0.1, -0.05) is 48.5 Å². The van der Waals surface area contributed by atoms with Crippen LogP contribution in [-0.2, 0) is 0 Å². The molecule has 0 heterocycles. The summed E-state index contributed by atoms with van der Waals surface area (Å²) in [6.07, 6.45) is 3.71. The van der Waals surface area contributed by atoms with E-state index in [-0.39, 0.29) is 12.4 Å². The number of rotatable bonds is 3. The fourth-order valence-corrected chi connectivity index (χ4v) is 1.49. The van der Waals surface area contributed by atoms with E-state index in [1.807, 2.05) is 73.0 Å². The summed E-state index contributed by atoms with van der Waals surface area (Å²) in [6.45, 7) is 0. The van der Waals surface area contributed by atoms with Gasteiger partial charge in [-0.3, -0.25) is 0 Å². The SMILES string of the molecule is N/C(=C\C=[NH+]c1ccccc1)c1ccccc1.[Cl-]. The Hall–Kier alpha value is -2.06. The monoisotopic (exact) mass is 258 g/mol. The minimum absolute atomic E-state index is 0. The van der Waals surface area contributed by atoms with Gasteiger partial charge in [0.15, 0.2) is 6.21 Å². The third kappa shape index (κ3) is 4.07. The van der Waals surface area contributed by atoms with Gasteiger partial charge < -0.3 is 18.1 Å².